The summed E-state index contributed by atoms with van der Waals surface area (Å²) in [4.78, 5) is 4.85. The van der Waals surface area contributed by atoms with Gasteiger partial charge in [0.05, 0.1) is 0 Å². The Hall–Kier alpha value is 0.537. The van der Waals surface area contributed by atoms with Crippen LogP contribution in [-0.2, 0) is 0 Å². The highest BCUT2D eigenvalue weighted by molar-refractivity contribution is 9.24. The van der Waals surface area contributed by atoms with Crippen molar-refractivity contribution in [2.45, 2.75) is 0 Å². The van der Waals surface area contributed by atoms with Crippen molar-refractivity contribution in [1.82, 2.24) is 18.9 Å². The van der Waals surface area contributed by atoms with Crippen LogP contribution in [0.25, 0.3) is 0 Å². The Kier molecular flexibility index (Phi) is 4.81. The second kappa shape index (κ2) is 5.93. The molecule has 0 atom stereocenters. The van der Waals surface area contributed by atoms with Crippen LogP contribution >= 0.6 is 15.3 Å². The number of piperazine rings is 2. The summed E-state index contributed by atoms with van der Waals surface area (Å²) in [5.74, 6) is 0. The lowest BCUT2D eigenvalue weighted by Crippen LogP contribution is -2.59. The Morgan fingerprint density at radius 3 is 1.31 bits per heavy atom. The number of likely N-dealkylation sites (N-methyl/N-ethyl adjacent to an activating group) is 2. The lowest BCUT2D eigenvalue weighted by atomic mass is 10.4. The summed E-state index contributed by atoms with van der Waals surface area (Å²) < 4.78 is 5.37. The van der Waals surface area contributed by atoms with E-state index in [1.807, 2.05) is 0 Å². The first kappa shape index (κ1) is 13.0. The average molecular weight is 307 g/mol. The van der Waals surface area contributed by atoms with Crippen molar-refractivity contribution in [3.8, 4) is 0 Å². The highest BCUT2D eigenvalue weighted by Gasteiger charge is 2.28. The second-order valence-corrected chi connectivity index (χ2v) is 9.53. The largest absolute Gasteiger partial charge is 0.304 e. The molecule has 0 amide bonds. The Labute approximate surface area is 109 Å². The summed E-state index contributed by atoms with van der Waals surface area (Å²) in [6.45, 7) is 9.86. The molecule has 0 aromatic carbocycles. The van der Waals surface area contributed by atoms with Gasteiger partial charge in [0, 0.05) is 52.4 Å². The third-order valence-electron chi connectivity index (χ3n) is 3.68. The van der Waals surface area contributed by atoms with Crippen molar-refractivity contribution in [2.24, 2.45) is 0 Å². The van der Waals surface area contributed by atoms with Crippen LogP contribution in [0.4, 0.5) is 0 Å². The van der Waals surface area contributed by atoms with Crippen molar-refractivity contribution in [2.75, 3.05) is 66.5 Å². The highest BCUT2D eigenvalue weighted by atomic mass is 79.9. The van der Waals surface area contributed by atoms with E-state index in [9.17, 15) is 0 Å². The molecule has 2 rings (SSSR count). The normalized spacial score (nSPS) is 27.8. The van der Waals surface area contributed by atoms with Crippen molar-refractivity contribution < 1.29 is 0 Å². The number of nitrogens with zero attached hydrogens (tertiary/aromatic N) is 4. The lowest BCUT2D eigenvalue weighted by molar-refractivity contribution is 0.186. The minimum Gasteiger partial charge on any atom is -0.304 e. The van der Waals surface area contributed by atoms with Crippen LogP contribution in [-0.4, -0.2) is 93.1 Å². The Bertz CT molecular complexity index is 193. The average Bonchev–Trinajstić information content (AvgIpc) is 2.30. The van der Waals surface area contributed by atoms with Crippen LogP contribution in [0, 0.1) is 0 Å². The van der Waals surface area contributed by atoms with Gasteiger partial charge in [0.25, 0.3) is 7.74 Å². The predicted molar refractivity (Wildman–Crippen MR) is 74.2 cm³/mol. The Morgan fingerprint density at radius 1 is 0.688 bits per heavy atom. The maximum absolute atomic E-state index is 3.99. The molecule has 0 aliphatic carbocycles. The number of rotatable bonds is 2. The number of hydrogen-bond acceptors (Lipinski definition) is 4. The Morgan fingerprint density at radius 2 is 1.00 bits per heavy atom. The summed E-state index contributed by atoms with van der Waals surface area (Å²) in [6.07, 6.45) is 0. The lowest BCUT2D eigenvalue weighted by Gasteiger charge is -2.42. The highest BCUT2D eigenvalue weighted by Crippen LogP contribution is 2.13. The van der Waals surface area contributed by atoms with Gasteiger partial charge in [0.1, 0.15) is 0 Å². The molecular formula is C10H23BrN4Si. The predicted octanol–water partition coefficient (Wildman–Crippen LogP) is -0.407. The van der Waals surface area contributed by atoms with E-state index in [1.54, 1.807) is 0 Å². The smallest absolute Gasteiger partial charge is 0.264 e. The zero-order valence-electron chi connectivity index (χ0n) is 10.4. The minimum atomic E-state index is -0.994. The molecule has 94 valence electrons. The van der Waals surface area contributed by atoms with Gasteiger partial charge in [0.2, 0.25) is 0 Å². The van der Waals surface area contributed by atoms with E-state index < -0.39 is 7.74 Å². The van der Waals surface area contributed by atoms with Gasteiger partial charge in [-0.15, -0.1) is 0 Å². The van der Waals surface area contributed by atoms with Crippen molar-refractivity contribution >= 4 is 23.0 Å². The monoisotopic (exact) mass is 306 g/mol. The molecule has 2 fully saturated rings. The zero-order valence-corrected chi connectivity index (χ0v) is 13.1. The fourth-order valence-corrected chi connectivity index (χ4v) is 6.53. The van der Waals surface area contributed by atoms with Gasteiger partial charge in [-0.25, -0.2) is 0 Å². The molecule has 0 aromatic rings. The first-order valence-electron chi connectivity index (χ1n) is 6.16. The van der Waals surface area contributed by atoms with Crippen molar-refractivity contribution in [1.29, 1.82) is 0 Å². The van der Waals surface area contributed by atoms with Crippen LogP contribution < -0.4 is 0 Å². The van der Waals surface area contributed by atoms with E-state index in [1.165, 1.54) is 52.4 Å². The first-order chi connectivity index (χ1) is 7.66. The molecule has 2 heterocycles. The molecule has 6 heteroatoms. The van der Waals surface area contributed by atoms with Crippen LogP contribution in [0.2, 0.25) is 0 Å². The van der Waals surface area contributed by atoms with Crippen molar-refractivity contribution in [3.05, 3.63) is 0 Å². The summed E-state index contributed by atoms with van der Waals surface area (Å²) >= 11 is 3.99. The fourth-order valence-electron chi connectivity index (χ4n) is 2.30. The van der Waals surface area contributed by atoms with E-state index in [-0.39, 0.29) is 0 Å². The summed E-state index contributed by atoms with van der Waals surface area (Å²) in [6, 6.07) is 0. The topological polar surface area (TPSA) is 13.0 Å². The summed E-state index contributed by atoms with van der Waals surface area (Å²) in [5, 5.41) is 0. The first-order valence-corrected chi connectivity index (χ1v) is 10.4. The van der Waals surface area contributed by atoms with Crippen LogP contribution in [0.3, 0.4) is 0 Å². The van der Waals surface area contributed by atoms with Gasteiger partial charge in [-0.3, -0.25) is 0 Å². The molecule has 2 saturated heterocycles. The second-order valence-electron chi connectivity index (χ2n) is 4.99. The zero-order chi connectivity index (χ0) is 11.5. The third-order valence-corrected chi connectivity index (χ3v) is 9.39. The fraction of sp³-hybridized carbons (Fsp3) is 1.00. The summed E-state index contributed by atoms with van der Waals surface area (Å²) in [7, 11) is 3.45. The molecule has 0 bridgehead atoms. The van der Waals surface area contributed by atoms with E-state index in [4.69, 9.17) is 0 Å². The van der Waals surface area contributed by atoms with Crippen LogP contribution in [0.1, 0.15) is 0 Å². The molecule has 2 aliphatic rings. The molecule has 0 spiro atoms. The van der Waals surface area contributed by atoms with E-state index >= 15 is 0 Å². The molecule has 0 unspecified atom stereocenters. The van der Waals surface area contributed by atoms with Gasteiger partial charge in [0.15, 0.2) is 0 Å². The Balaban J connectivity index is 1.80. The standard InChI is InChI=1S/C10H23BrN4Si/c1-12-3-7-14(8-4-12)16(11)15-9-5-13(2)6-10-15/h16H,3-10H2,1-2H3. The molecule has 2 aliphatic heterocycles. The number of hydrogen-bond donors (Lipinski definition) is 0. The molecule has 16 heavy (non-hydrogen) atoms. The summed E-state index contributed by atoms with van der Waals surface area (Å²) in [5.41, 5.74) is 0. The van der Waals surface area contributed by atoms with Gasteiger partial charge in [-0.1, -0.05) is 15.3 Å². The van der Waals surface area contributed by atoms with E-state index in [2.05, 4.69) is 48.3 Å². The van der Waals surface area contributed by atoms with Crippen LogP contribution in [0.5, 0.6) is 0 Å². The van der Waals surface area contributed by atoms with E-state index in [0.717, 1.165) is 0 Å². The molecular weight excluding hydrogens is 284 g/mol. The van der Waals surface area contributed by atoms with Gasteiger partial charge in [-0.2, -0.15) is 0 Å². The quantitative estimate of drug-likeness (QED) is 0.508. The SMILES string of the molecule is CN1CCN([SiH](Br)N2CCN(C)CC2)CC1. The van der Waals surface area contributed by atoms with Gasteiger partial charge in [-0.05, 0) is 14.1 Å². The molecule has 0 aromatic heterocycles. The molecule has 4 nitrogen and oxygen atoms in total. The minimum absolute atomic E-state index is 0.994. The molecule has 0 saturated carbocycles. The molecule has 0 radical (unpaired) electrons. The van der Waals surface area contributed by atoms with E-state index in [0.29, 0.717) is 0 Å². The maximum Gasteiger partial charge on any atom is 0.264 e. The third kappa shape index (κ3) is 3.27. The number of halogens is 1. The van der Waals surface area contributed by atoms with Crippen LogP contribution in [0.15, 0.2) is 0 Å². The molecule has 0 N–H and O–H groups in total. The van der Waals surface area contributed by atoms with Gasteiger partial charge >= 0.3 is 0 Å². The van der Waals surface area contributed by atoms with Gasteiger partial charge < -0.3 is 18.9 Å². The van der Waals surface area contributed by atoms with Crippen molar-refractivity contribution in [3.63, 3.8) is 0 Å². The maximum atomic E-state index is 3.99.